The van der Waals surface area contributed by atoms with Crippen molar-refractivity contribution in [3.8, 4) is 0 Å². The van der Waals surface area contributed by atoms with Gasteiger partial charge in [0.05, 0.1) is 11.9 Å². The van der Waals surface area contributed by atoms with Crippen molar-refractivity contribution in [2.45, 2.75) is 71.0 Å². The second-order valence-corrected chi connectivity index (χ2v) is 12.4. The normalized spacial score (nSPS) is 14.9. The average Bonchev–Trinajstić information content (AvgIpc) is 3.34. The number of hydrogen-bond donors (Lipinski definition) is 1. The van der Waals surface area contributed by atoms with E-state index in [1.54, 1.807) is 24.0 Å². The maximum atomic E-state index is 13.4. The van der Waals surface area contributed by atoms with Crippen LogP contribution in [0, 0.1) is 6.92 Å². The predicted molar refractivity (Wildman–Crippen MR) is 147 cm³/mol. The van der Waals surface area contributed by atoms with Gasteiger partial charge in [-0.3, -0.25) is 13.9 Å². The van der Waals surface area contributed by atoms with Crippen LogP contribution >= 0.6 is 15.9 Å². The fraction of sp³-hybridized carbons (Fsp3) is 0.481. The van der Waals surface area contributed by atoms with Crippen LogP contribution in [-0.2, 0) is 26.2 Å². The van der Waals surface area contributed by atoms with Crippen molar-refractivity contribution in [2.75, 3.05) is 17.1 Å². The van der Waals surface area contributed by atoms with Crippen LogP contribution in [0.5, 0.6) is 0 Å². The van der Waals surface area contributed by atoms with Crippen LogP contribution in [0.2, 0.25) is 0 Å². The van der Waals surface area contributed by atoms with E-state index in [2.05, 4.69) is 21.2 Å². The van der Waals surface area contributed by atoms with Crippen molar-refractivity contribution in [1.82, 2.24) is 10.2 Å². The molecule has 0 unspecified atom stereocenters. The zero-order chi connectivity index (χ0) is 26.3. The van der Waals surface area contributed by atoms with Gasteiger partial charge >= 0.3 is 0 Å². The van der Waals surface area contributed by atoms with Gasteiger partial charge in [-0.15, -0.1) is 0 Å². The van der Waals surface area contributed by atoms with E-state index < -0.39 is 16.1 Å². The standard InChI is InChI=1S/C27H36BrN3O4S/c1-20-9-4-7-12-25(20)31(36(3,34)35)18-8-13-26(32)30(19-22-14-16-23(28)17-15-22)21(2)27(33)29-24-10-5-6-11-24/h4,7,9,12,14-17,21,24H,5-6,8,10-11,13,18-19H2,1-3H3,(H,29,33)/t21-/m0/s1. The quantitative estimate of drug-likeness (QED) is 0.416. The number of nitrogens with one attached hydrogen (secondary N) is 1. The first-order valence-electron chi connectivity index (χ1n) is 12.4. The third-order valence-corrected chi connectivity index (χ3v) is 8.38. The molecule has 0 heterocycles. The molecule has 1 atom stereocenters. The van der Waals surface area contributed by atoms with Gasteiger partial charge in [0.1, 0.15) is 6.04 Å². The van der Waals surface area contributed by atoms with Gasteiger partial charge in [0.15, 0.2) is 0 Å². The smallest absolute Gasteiger partial charge is 0.242 e. The minimum atomic E-state index is -3.51. The Hall–Kier alpha value is -2.39. The Morgan fingerprint density at radius 3 is 2.33 bits per heavy atom. The van der Waals surface area contributed by atoms with Crippen LogP contribution in [0.15, 0.2) is 53.0 Å². The monoisotopic (exact) mass is 577 g/mol. The van der Waals surface area contributed by atoms with E-state index in [-0.39, 0.29) is 30.8 Å². The molecule has 1 aliphatic carbocycles. The molecule has 2 amide bonds. The van der Waals surface area contributed by atoms with Crippen molar-refractivity contribution in [2.24, 2.45) is 0 Å². The van der Waals surface area contributed by atoms with Gasteiger partial charge in [0.2, 0.25) is 21.8 Å². The van der Waals surface area contributed by atoms with Crippen LogP contribution in [-0.4, -0.2) is 50.0 Å². The number of rotatable bonds is 11. The second-order valence-electron chi connectivity index (χ2n) is 9.54. The molecule has 2 aromatic rings. The van der Waals surface area contributed by atoms with Crippen molar-refractivity contribution in [1.29, 1.82) is 0 Å². The molecule has 7 nitrogen and oxygen atoms in total. The van der Waals surface area contributed by atoms with Crippen LogP contribution in [0.4, 0.5) is 5.69 Å². The lowest BCUT2D eigenvalue weighted by molar-refractivity contribution is -0.141. The number of sulfonamides is 1. The van der Waals surface area contributed by atoms with E-state index in [0.717, 1.165) is 41.3 Å². The summed E-state index contributed by atoms with van der Waals surface area (Å²) in [5, 5.41) is 3.10. The summed E-state index contributed by atoms with van der Waals surface area (Å²) in [6.07, 6.45) is 5.82. The van der Waals surface area contributed by atoms with Gasteiger partial charge < -0.3 is 10.2 Å². The zero-order valence-corrected chi connectivity index (χ0v) is 23.6. The number of hydrogen-bond acceptors (Lipinski definition) is 4. The fourth-order valence-corrected chi connectivity index (χ4v) is 5.87. The molecule has 1 aliphatic rings. The number of para-hydroxylation sites is 1. The maximum Gasteiger partial charge on any atom is 0.242 e. The molecule has 0 bridgehead atoms. The van der Waals surface area contributed by atoms with Gasteiger partial charge in [-0.1, -0.05) is 59.1 Å². The molecule has 0 radical (unpaired) electrons. The number of carbonyl (C=O) groups is 2. The summed E-state index contributed by atoms with van der Waals surface area (Å²) < 4.78 is 27.3. The summed E-state index contributed by atoms with van der Waals surface area (Å²) in [6, 6.07) is 14.5. The lowest BCUT2D eigenvalue weighted by Crippen LogP contribution is -2.49. The van der Waals surface area contributed by atoms with Crippen LogP contribution in [0.3, 0.4) is 0 Å². The Morgan fingerprint density at radius 1 is 1.08 bits per heavy atom. The van der Waals surface area contributed by atoms with Gasteiger partial charge in [-0.05, 0) is 62.4 Å². The van der Waals surface area contributed by atoms with E-state index in [9.17, 15) is 18.0 Å². The number of carbonyl (C=O) groups excluding carboxylic acids is 2. The highest BCUT2D eigenvalue weighted by Crippen LogP contribution is 2.23. The molecule has 9 heteroatoms. The zero-order valence-electron chi connectivity index (χ0n) is 21.2. The first-order valence-corrected chi connectivity index (χ1v) is 15.1. The van der Waals surface area contributed by atoms with Gasteiger partial charge in [0.25, 0.3) is 0 Å². The molecule has 1 N–H and O–H groups in total. The molecule has 1 fully saturated rings. The highest BCUT2D eigenvalue weighted by Gasteiger charge is 2.28. The summed E-state index contributed by atoms with van der Waals surface area (Å²) >= 11 is 3.43. The molecule has 0 aromatic heterocycles. The van der Waals surface area contributed by atoms with E-state index in [1.165, 1.54) is 10.6 Å². The topological polar surface area (TPSA) is 86.8 Å². The molecule has 0 saturated heterocycles. The third kappa shape index (κ3) is 7.80. The second kappa shape index (κ2) is 12.7. The largest absolute Gasteiger partial charge is 0.352 e. The number of anilines is 1. The van der Waals surface area contributed by atoms with Crippen molar-refractivity contribution < 1.29 is 18.0 Å². The molecular weight excluding hydrogens is 542 g/mol. The summed E-state index contributed by atoms with van der Waals surface area (Å²) in [5.74, 6) is -0.324. The molecule has 1 saturated carbocycles. The third-order valence-electron chi connectivity index (χ3n) is 6.67. The van der Waals surface area contributed by atoms with Crippen LogP contribution in [0.25, 0.3) is 0 Å². The van der Waals surface area contributed by atoms with Crippen molar-refractivity contribution in [3.63, 3.8) is 0 Å². The van der Waals surface area contributed by atoms with Gasteiger partial charge in [-0.25, -0.2) is 8.42 Å². The van der Waals surface area contributed by atoms with Gasteiger partial charge in [0, 0.05) is 30.0 Å². The van der Waals surface area contributed by atoms with Gasteiger partial charge in [-0.2, -0.15) is 0 Å². The summed E-state index contributed by atoms with van der Waals surface area (Å²) in [6.45, 7) is 4.11. The number of nitrogens with zero attached hydrogens (tertiary/aromatic N) is 2. The summed E-state index contributed by atoms with van der Waals surface area (Å²) in [7, 11) is -3.51. The number of amides is 2. The summed E-state index contributed by atoms with van der Waals surface area (Å²) in [4.78, 5) is 28.0. The Bertz CT molecular complexity index is 1150. The van der Waals surface area contributed by atoms with E-state index in [1.807, 2.05) is 43.3 Å². The Labute approximate surface area is 223 Å². The number of aryl methyl sites for hydroxylation is 1. The van der Waals surface area contributed by atoms with E-state index in [0.29, 0.717) is 18.7 Å². The van der Waals surface area contributed by atoms with Crippen molar-refractivity contribution >= 4 is 43.5 Å². The minimum Gasteiger partial charge on any atom is -0.352 e. The molecule has 2 aromatic carbocycles. The van der Waals surface area contributed by atoms with E-state index >= 15 is 0 Å². The first-order chi connectivity index (χ1) is 17.1. The highest BCUT2D eigenvalue weighted by molar-refractivity contribution is 9.10. The highest BCUT2D eigenvalue weighted by atomic mass is 79.9. The lowest BCUT2D eigenvalue weighted by atomic mass is 10.1. The Balaban J connectivity index is 1.72. The minimum absolute atomic E-state index is 0.134. The van der Waals surface area contributed by atoms with Crippen LogP contribution in [0.1, 0.15) is 56.6 Å². The average molecular weight is 579 g/mol. The maximum absolute atomic E-state index is 13.4. The van der Waals surface area contributed by atoms with Crippen LogP contribution < -0.4 is 9.62 Å². The molecule has 0 aliphatic heterocycles. The predicted octanol–water partition coefficient (Wildman–Crippen LogP) is 4.78. The Morgan fingerprint density at radius 2 is 1.72 bits per heavy atom. The number of halogens is 1. The lowest BCUT2D eigenvalue weighted by Gasteiger charge is -2.30. The summed E-state index contributed by atoms with van der Waals surface area (Å²) in [5.41, 5.74) is 2.39. The molecule has 36 heavy (non-hydrogen) atoms. The number of benzene rings is 2. The van der Waals surface area contributed by atoms with E-state index in [4.69, 9.17) is 0 Å². The first kappa shape index (κ1) is 28.2. The SMILES string of the molecule is Cc1ccccc1N(CCCC(=O)N(Cc1ccc(Br)cc1)[C@@H](C)C(=O)NC1CCCC1)S(C)(=O)=O. The molecule has 0 spiro atoms. The molecule has 3 rings (SSSR count). The Kier molecular flexibility index (Phi) is 9.96. The molecular formula is C27H36BrN3O4S. The fourth-order valence-electron chi connectivity index (χ4n) is 4.59. The molecule has 196 valence electrons. The van der Waals surface area contributed by atoms with Crippen molar-refractivity contribution in [3.05, 3.63) is 64.1 Å².